The number of methoxy groups -OCH3 is 1. The van der Waals surface area contributed by atoms with Crippen LogP contribution in [-0.2, 0) is 33.4 Å². The fourth-order valence-electron chi connectivity index (χ4n) is 3.34. The average Bonchev–Trinajstić information content (AvgIpc) is 3.04. The third kappa shape index (κ3) is 9.99. The molecule has 0 bridgehead atoms. The molecule has 0 radical (unpaired) electrons. The van der Waals surface area contributed by atoms with Crippen molar-refractivity contribution >= 4 is 23.7 Å². The Hall–Kier alpha value is -3.00. The number of allylic oxidation sites excluding steroid dienone is 3. The monoisotopic (exact) mass is 462 g/mol. The lowest BCUT2D eigenvalue weighted by molar-refractivity contribution is -0.149. The standard InChI is InChI=1S/C25H34O8/c1-5-6-9-20(28)10-8-16-25(33-19(3)27)17-15-23(29)22(25)12-7-11-21(32-18(2)26)13-14-24(30)31-4/h7-8,10-12,15,17,20-21,28H,5-6,9,13-14,16H2,1-4H3/b10-8-,11-7-,22-12?/t20-,21-,25+/m1/s1. The Kier molecular flexibility index (Phi) is 12.1. The lowest BCUT2D eigenvalue weighted by atomic mass is 9.91. The van der Waals surface area contributed by atoms with Gasteiger partial charge in [-0.3, -0.25) is 19.2 Å². The van der Waals surface area contributed by atoms with Crippen LogP contribution in [0.25, 0.3) is 0 Å². The molecule has 8 heteroatoms. The molecule has 33 heavy (non-hydrogen) atoms. The van der Waals surface area contributed by atoms with Crippen LogP contribution < -0.4 is 0 Å². The van der Waals surface area contributed by atoms with Crippen LogP contribution in [0.5, 0.6) is 0 Å². The predicted octanol–water partition coefficient (Wildman–Crippen LogP) is 3.29. The first-order chi connectivity index (χ1) is 15.6. The second-order valence-electron chi connectivity index (χ2n) is 7.75. The van der Waals surface area contributed by atoms with Crippen molar-refractivity contribution in [3.8, 4) is 0 Å². The van der Waals surface area contributed by atoms with Gasteiger partial charge in [0.1, 0.15) is 6.10 Å². The van der Waals surface area contributed by atoms with E-state index in [2.05, 4.69) is 4.74 Å². The van der Waals surface area contributed by atoms with E-state index in [0.29, 0.717) is 6.42 Å². The maximum absolute atomic E-state index is 12.5. The third-order valence-electron chi connectivity index (χ3n) is 4.95. The van der Waals surface area contributed by atoms with Gasteiger partial charge in [-0.05, 0) is 31.1 Å². The second-order valence-corrected chi connectivity index (χ2v) is 7.75. The first-order valence-electron chi connectivity index (χ1n) is 11.0. The number of unbranched alkanes of at least 4 members (excludes halogenated alkanes) is 1. The Morgan fingerprint density at radius 3 is 2.48 bits per heavy atom. The molecule has 1 N–H and O–H groups in total. The fourth-order valence-corrected chi connectivity index (χ4v) is 3.34. The van der Waals surface area contributed by atoms with Gasteiger partial charge in [0.05, 0.1) is 13.2 Å². The topological polar surface area (TPSA) is 116 Å². The van der Waals surface area contributed by atoms with E-state index < -0.39 is 35.7 Å². The maximum Gasteiger partial charge on any atom is 0.305 e. The largest absolute Gasteiger partial charge is 0.469 e. The highest BCUT2D eigenvalue weighted by Crippen LogP contribution is 2.34. The minimum Gasteiger partial charge on any atom is -0.469 e. The Labute approximate surface area is 195 Å². The van der Waals surface area contributed by atoms with Crippen molar-refractivity contribution in [2.24, 2.45) is 0 Å². The van der Waals surface area contributed by atoms with E-state index in [-0.39, 0.29) is 30.6 Å². The number of hydrogen-bond donors (Lipinski definition) is 1. The molecule has 1 aliphatic carbocycles. The number of carbonyl (C=O) groups is 4. The summed E-state index contributed by atoms with van der Waals surface area (Å²) in [6.07, 6.45) is 12.4. The van der Waals surface area contributed by atoms with Crippen LogP contribution in [0.1, 0.15) is 59.3 Å². The zero-order valence-corrected chi connectivity index (χ0v) is 19.7. The van der Waals surface area contributed by atoms with E-state index in [0.717, 1.165) is 12.8 Å². The zero-order chi connectivity index (χ0) is 24.9. The Morgan fingerprint density at radius 1 is 1.15 bits per heavy atom. The van der Waals surface area contributed by atoms with Gasteiger partial charge >= 0.3 is 17.9 Å². The summed E-state index contributed by atoms with van der Waals surface area (Å²) in [7, 11) is 1.27. The van der Waals surface area contributed by atoms with Crippen LogP contribution in [0.15, 0.2) is 48.1 Å². The molecule has 1 rings (SSSR count). The molecule has 0 spiro atoms. The van der Waals surface area contributed by atoms with Gasteiger partial charge in [-0.1, -0.05) is 44.1 Å². The molecule has 0 aromatic heterocycles. The summed E-state index contributed by atoms with van der Waals surface area (Å²) in [5, 5.41) is 10.0. The number of esters is 3. The van der Waals surface area contributed by atoms with Crippen molar-refractivity contribution < 1.29 is 38.5 Å². The van der Waals surface area contributed by atoms with Crippen LogP contribution in [0.2, 0.25) is 0 Å². The number of aliphatic hydroxyl groups is 1. The summed E-state index contributed by atoms with van der Waals surface area (Å²) in [6.45, 7) is 4.55. The summed E-state index contributed by atoms with van der Waals surface area (Å²) in [5.41, 5.74) is -1.06. The highest BCUT2D eigenvalue weighted by molar-refractivity contribution is 6.09. The molecule has 182 valence electrons. The van der Waals surface area contributed by atoms with Gasteiger partial charge in [0.25, 0.3) is 0 Å². The van der Waals surface area contributed by atoms with E-state index >= 15 is 0 Å². The molecule has 0 heterocycles. The van der Waals surface area contributed by atoms with E-state index in [1.54, 1.807) is 18.2 Å². The summed E-state index contributed by atoms with van der Waals surface area (Å²) in [5.74, 6) is -1.82. The molecule has 0 aromatic rings. The maximum atomic E-state index is 12.5. The molecule has 0 saturated carbocycles. The number of hydrogen-bond acceptors (Lipinski definition) is 8. The van der Waals surface area contributed by atoms with Gasteiger partial charge in [0.15, 0.2) is 11.4 Å². The smallest absolute Gasteiger partial charge is 0.305 e. The molecule has 0 aliphatic heterocycles. The quantitative estimate of drug-likeness (QED) is 0.192. The minimum absolute atomic E-state index is 0.0540. The van der Waals surface area contributed by atoms with Gasteiger partial charge in [-0.2, -0.15) is 0 Å². The first kappa shape index (κ1) is 28.0. The van der Waals surface area contributed by atoms with Gasteiger partial charge in [0, 0.05) is 32.3 Å². The summed E-state index contributed by atoms with van der Waals surface area (Å²) in [4.78, 5) is 47.1. The number of carbonyl (C=O) groups excluding carboxylic acids is 4. The molecule has 1 aliphatic rings. The molecule has 8 nitrogen and oxygen atoms in total. The highest BCUT2D eigenvalue weighted by atomic mass is 16.6. The molecular formula is C25H34O8. The van der Waals surface area contributed by atoms with Gasteiger partial charge in [-0.25, -0.2) is 0 Å². The van der Waals surface area contributed by atoms with Crippen LogP contribution in [-0.4, -0.2) is 53.7 Å². The van der Waals surface area contributed by atoms with Crippen molar-refractivity contribution in [1.82, 2.24) is 0 Å². The van der Waals surface area contributed by atoms with Crippen LogP contribution in [0, 0.1) is 0 Å². The molecular weight excluding hydrogens is 428 g/mol. The van der Waals surface area contributed by atoms with Crippen LogP contribution in [0.3, 0.4) is 0 Å². The summed E-state index contributed by atoms with van der Waals surface area (Å²) >= 11 is 0. The van der Waals surface area contributed by atoms with Gasteiger partial charge in [-0.15, -0.1) is 0 Å². The SMILES string of the molecule is CCCC[C@@H](O)/C=C\C[C@]1(OC(C)=O)C=CC(=O)C1=C/C=C\[C@H](CCC(=O)OC)OC(C)=O. The van der Waals surface area contributed by atoms with Gasteiger partial charge < -0.3 is 19.3 Å². The van der Waals surface area contributed by atoms with E-state index in [4.69, 9.17) is 9.47 Å². The van der Waals surface area contributed by atoms with Crippen molar-refractivity contribution in [3.05, 3.63) is 48.1 Å². The average molecular weight is 463 g/mol. The number of rotatable bonds is 13. The summed E-state index contributed by atoms with van der Waals surface area (Å²) in [6, 6.07) is 0. The van der Waals surface area contributed by atoms with E-state index in [9.17, 15) is 24.3 Å². The van der Waals surface area contributed by atoms with Crippen molar-refractivity contribution in [1.29, 1.82) is 0 Å². The summed E-state index contributed by atoms with van der Waals surface area (Å²) < 4.78 is 15.3. The highest BCUT2D eigenvalue weighted by Gasteiger charge is 2.41. The molecule has 3 atom stereocenters. The van der Waals surface area contributed by atoms with Crippen LogP contribution in [0.4, 0.5) is 0 Å². The number of aliphatic hydroxyl groups excluding tert-OH is 1. The predicted molar refractivity (Wildman–Crippen MR) is 122 cm³/mol. The normalized spacial score (nSPS) is 21.0. The Morgan fingerprint density at radius 2 is 1.88 bits per heavy atom. The van der Waals surface area contributed by atoms with Crippen molar-refractivity contribution in [2.45, 2.75) is 77.1 Å². The third-order valence-corrected chi connectivity index (χ3v) is 4.95. The van der Waals surface area contributed by atoms with Crippen molar-refractivity contribution in [2.75, 3.05) is 7.11 Å². The molecule has 0 fully saturated rings. The molecule has 0 amide bonds. The molecule has 0 unspecified atom stereocenters. The van der Waals surface area contributed by atoms with Crippen molar-refractivity contribution in [3.63, 3.8) is 0 Å². The van der Waals surface area contributed by atoms with E-state index in [1.165, 1.54) is 45.3 Å². The fraction of sp³-hybridized carbons (Fsp3) is 0.520. The minimum atomic E-state index is -1.29. The second kappa shape index (κ2) is 14.2. The Bertz CT molecular complexity index is 820. The molecule has 0 aromatic carbocycles. The Balaban J connectivity index is 3.08. The molecule has 0 saturated heterocycles. The van der Waals surface area contributed by atoms with Gasteiger partial charge in [0.2, 0.25) is 0 Å². The van der Waals surface area contributed by atoms with E-state index in [1.807, 2.05) is 6.92 Å². The number of ketones is 1. The number of ether oxygens (including phenoxy) is 3. The lowest BCUT2D eigenvalue weighted by Gasteiger charge is -2.27. The lowest BCUT2D eigenvalue weighted by Crippen LogP contribution is -2.33. The zero-order valence-electron chi connectivity index (χ0n) is 19.7. The van der Waals surface area contributed by atoms with Crippen LogP contribution >= 0.6 is 0 Å². The first-order valence-corrected chi connectivity index (χ1v) is 11.0.